The number of amides is 1. The standard InChI is InChI=1S/C25H36BNO6/c1-18(19-7-9-20(10-8-19)26-32-22(2,3)23(4,5)33-26)27-14-13-24(31-21(27)28)11-6-12-25(17-24)29-15-16-30-25/h7-10,18H,6,11-17H2,1-5H3. The summed E-state index contributed by atoms with van der Waals surface area (Å²) >= 11 is 0. The summed E-state index contributed by atoms with van der Waals surface area (Å²) in [5, 5.41) is 0. The van der Waals surface area contributed by atoms with Gasteiger partial charge in [0.15, 0.2) is 5.79 Å². The van der Waals surface area contributed by atoms with Crippen LogP contribution in [0.2, 0.25) is 0 Å². The van der Waals surface area contributed by atoms with Crippen LogP contribution in [0, 0.1) is 0 Å². The topological polar surface area (TPSA) is 66.5 Å². The molecule has 1 amide bonds. The number of carbonyl (C=O) groups is 1. The fraction of sp³-hybridized carbons (Fsp3) is 0.720. The van der Waals surface area contributed by atoms with Crippen molar-refractivity contribution in [1.82, 2.24) is 4.90 Å². The third-order valence-electron chi connectivity index (χ3n) is 8.35. The highest BCUT2D eigenvalue weighted by molar-refractivity contribution is 6.62. The van der Waals surface area contributed by atoms with Gasteiger partial charge in [-0.25, -0.2) is 4.79 Å². The monoisotopic (exact) mass is 457 g/mol. The lowest BCUT2D eigenvalue weighted by molar-refractivity contribution is -0.225. The maximum atomic E-state index is 13.1. The van der Waals surface area contributed by atoms with E-state index in [0.29, 0.717) is 26.2 Å². The highest BCUT2D eigenvalue weighted by Crippen LogP contribution is 2.46. The van der Waals surface area contributed by atoms with Crippen LogP contribution in [0.1, 0.15) is 78.3 Å². The largest absolute Gasteiger partial charge is 0.494 e. The normalized spacial score (nSPS) is 31.2. The molecule has 5 rings (SSSR count). The molecule has 1 aromatic rings. The molecule has 3 aliphatic heterocycles. The van der Waals surface area contributed by atoms with Gasteiger partial charge < -0.3 is 28.4 Å². The summed E-state index contributed by atoms with van der Waals surface area (Å²) < 4.78 is 30.3. The van der Waals surface area contributed by atoms with Gasteiger partial charge in [-0.3, -0.25) is 0 Å². The Bertz CT molecular complexity index is 881. The second kappa shape index (κ2) is 7.97. The molecule has 0 radical (unpaired) electrons. The molecule has 1 aliphatic carbocycles. The zero-order chi connectivity index (χ0) is 23.5. The minimum absolute atomic E-state index is 0.0845. The van der Waals surface area contributed by atoms with E-state index < -0.39 is 18.5 Å². The van der Waals surface area contributed by atoms with Gasteiger partial charge in [0, 0.05) is 25.8 Å². The number of ether oxygens (including phenoxy) is 3. The highest BCUT2D eigenvalue weighted by Gasteiger charge is 2.53. The Labute approximate surface area is 197 Å². The molecule has 3 saturated heterocycles. The smallest absolute Gasteiger partial charge is 0.442 e. The predicted octanol–water partition coefficient (Wildman–Crippen LogP) is 3.95. The van der Waals surface area contributed by atoms with Crippen LogP contribution in [0.4, 0.5) is 4.79 Å². The molecule has 2 unspecified atom stereocenters. The third kappa shape index (κ3) is 4.09. The van der Waals surface area contributed by atoms with Gasteiger partial charge >= 0.3 is 13.2 Å². The van der Waals surface area contributed by atoms with Crippen molar-refractivity contribution in [3.05, 3.63) is 29.8 Å². The number of benzene rings is 1. The Morgan fingerprint density at radius 2 is 1.58 bits per heavy atom. The summed E-state index contributed by atoms with van der Waals surface area (Å²) in [6.45, 7) is 12.2. The molecule has 180 valence electrons. The van der Waals surface area contributed by atoms with Crippen LogP contribution >= 0.6 is 0 Å². The Morgan fingerprint density at radius 3 is 2.18 bits per heavy atom. The summed E-state index contributed by atoms with van der Waals surface area (Å²) in [4.78, 5) is 14.9. The summed E-state index contributed by atoms with van der Waals surface area (Å²) in [7, 11) is -0.391. The molecule has 0 N–H and O–H groups in total. The van der Waals surface area contributed by atoms with E-state index in [4.69, 9.17) is 23.5 Å². The van der Waals surface area contributed by atoms with E-state index >= 15 is 0 Å². The van der Waals surface area contributed by atoms with Crippen LogP contribution in [0.15, 0.2) is 24.3 Å². The summed E-state index contributed by atoms with van der Waals surface area (Å²) in [6.07, 6.45) is 3.88. The van der Waals surface area contributed by atoms with Crippen molar-refractivity contribution >= 4 is 18.7 Å². The van der Waals surface area contributed by atoms with E-state index in [9.17, 15) is 4.79 Å². The lowest BCUT2D eigenvalue weighted by Crippen LogP contribution is -2.55. The molecule has 4 fully saturated rings. The van der Waals surface area contributed by atoms with Crippen LogP contribution in [-0.2, 0) is 23.5 Å². The summed E-state index contributed by atoms with van der Waals surface area (Å²) in [5.41, 5.74) is 0.822. The SMILES string of the molecule is CC(c1ccc(B2OC(C)(C)C(C)(C)O2)cc1)N1CCC2(CCCC3(C2)OCCO3)OC1=O. The minimum Gasteiger partial charge on any atom is -0.442 e. The first-order valence-electron chi connectivity index (χ1n) is 12.3. The maximum absolute atomic E-state index is 13.1. The van der Waals surface area contributed by atoms with Crippen LogP contribution in [0.5, 0.6) is 0 Å². The molecule has 0 bridgehead atoms. The van der Waals surface area contributed by atoms with E-state index in [1.165, 1.54) is 0 Å². The average Bonchev–Trinajstić information content (AvgIpc) is 3.28. The third-order valence-corrected chi connectivity index (χ3v) is 8.35. The fourth-order valence-corrected chi connectivity index (χ4v) is 5.54. The molecule has 2 spiro atoms. The number of hydrogen-bond acceptors (Lipinski definition) is 6. The van der Waals surface area contributed by atoms with E-state index in [-0.39, 0.29) is 23.3 Å². The number of rotatable bonds is 3. The Morgan fingerprint density at radius 1 is 0.939 bits per heavy atom. The van der Waals surface area contributed by atoms with Crippen molar-refractivity contribution in [1.29, 1.82) is 0 Å². The molecular formula is C25H36BNO6. The van der Waals surface area contributed by atoms with E-state index in [1.807, 2.05) is 17.0 Å². The van der Waals surface area contributed by atoms with Gasteiger partial charge in [-0.2, -0.15) is 0 Å². The lowest BCUT2D eigenvalue weighted by Gasteiger charge is -2.48. The zero-order valence-corrected chi connectivity index (χ0v) is 20.5. The van der Waals surface area contributed by atoms with Crippen molar-refractivity contribution in [2.24, 2.45) is 0 Å². The van der Waals surface area contributed by atoms with Crippen LogP contribution in [0.3, 0.4) is 0 Å². The van der Waals surface area contributed by atoms with Gasteiger partial charge in [0.2, 0.25) is 0 Å². The van der Waals surface area contributed by atoms with Crippen molar-refractivity contribution in [3.8, 4) is 0 Å². The molecule has 0 aromatic heterocycles. The Balaban J connectivity index is 1.24. The molecule has 1 saturated carbocycles. The van der Waals surface area contributed by atoms with E-state index in [1.54, 1.807) is 0 Å². The van der Waals surface area contributed by atoms with Gasteiger partial charge in [-0.05, 0) is 58.5 Å². The van der Waals surface area contributed by atoms with Crippen LogP contribution in [0.25, 0.3) is 0 Å². The van der Waals surface area contributed by atoms with Crippen molar-refractivity contribution in [2.75, 3.05) is 19.8 Å². The molecule has 7 nitrogen and oxygen atoms in total. The molecular weight excluding hydrogens is 421 g/mol. The molecule has 8 heteroatoms. The van der Waals surface area contributed by atoms with Crippen LogP contribution in [-0.4, -0.2) is 60.5 Å². The first-order chi connectivity index (χ1) is 15.5. The molecule has 33 heavy (non-hydrogen) atoms. The second-order valence-corrected chi connectivity index (χ2v) is 11.1. The second-order valence-electron chi connectivity index (χ2n) is 11.1. The van der Waals surface area contributed by atoms with Crippen molar-refractivity contribution in [3.63, 3.8) is 0 Å². The van der Waals surface area contributed by atoms with Gasteiger partial charge in [-0.15, -0.1) is 0 Å². The predicted molar refractivity (Wildman–Crippen MR) is 124 cm³/mol. The van der Waals surface area contributed by atoms with Crippen molar-refractivity contribution < 1.29 is 28.3 Å². The Kier molecular flexibility index (Phi) is 5.59. The quantitative estimate of drug-likeness (QED) is 0.641. The molecule has 1 aromatic carbocycles. The van der Waals surface area contributed by atoms with E-state index in [2.05, 4.69) is 46.8 Å². The highest BCUT2D eigenvalue weighted by atomic mass is 16.7. The number of nitrogens with zero attached hydrogens (tertiary/aromatic N) is 1. The van der Waals surface area contributed by atoms with Crippen LogP contribution < -0.4 is 5.46 Å². The van der Waals surface area contributed by atoms with Gasteiger partial charge in [0.05, 0.1) is 30.5 Å². The lowest BCUT2D eigenvalue weighted by atomic mass is 9.77. The summed E-state index contributed by atoms with van der Waals surface area (Å²) in [6, 6.07) is 8.09. The molecule has 3 heterocycles. The number of hydrogen-bond donors (Lipinski definition) is 0. The van der Waals surface area contributed by atoms with Gasteiger partial charge in [-0.1, -0.05) is 24.3 Å². The minimum atomic E-state index is -0.560. The Hall–Kier alpha value is -1.61. The van der Waals surface area contributed by atoms with Crippen molar-refractivity contribution in [2.45, 2.75) is 95.4 Å². The molecule has 2 atom stereocenters. The first-order valence-corrected chi connectivity index (χ1v) is 12.3. The number of carbonyl (C=O) groups excluding carboxylic acids is 1. The van der Waals surface area contributed by atoms with Gasteiger partial charge in [0.1, 0.15) is 5.60 Å². The van der Waals surface area contributed by atoms with E-state index in [0.717, 1.165) is 36.7 Å². The molecule has 4 aliphatic rings. The zero-order valence-electron chi connectivity index (χ0n) is 20.5. The van der Waals surface area contributed by atoms with Gasteiger partial charge in [0.25, 0.3) is 0 Å². The fourth-order valence-electron chi connectivity index (χ4n) is 5.54. The summed E-state index contributed by atoms with van der Waals surface area (Å²) in [5.74, 6) is -0.560. The first kappa shape index (κ1) is 23.2. The maximum Gasteiger partial charge on any atom is 0.494 e. The average molecular weight is 457 g/mol.